The number of rotatable bonds is 2. The molecule has 0 atom stereocenters. The van der Waals surface area contributed by atoms with Crippen molar-refractivity contribution < 1.29 is 17.9 Å². The monoisotopic (exact) mass is 398 g/mol. The second-order valence-corrected chi connectivity index (χ2v) is 8.97. The first-order chi connectivity index (χ1) is 13.4. The molecule has 2 aromatic carbocycles. The SMILES string of the molecule is Cc1cc(C)cc(N2C=C(C(=O)N3CCOCC3)S(=O)(=O)c3ccccc32)c1. The maximum absolute atomic E-state index is 13.2. The van der Waals surface area contributed by atoms with Crippen molar-refractivity contribution in [1.82, 2.24) is 4.90 Å². The highest BCUT2D eigenvalue weighted by atomic mass is 32.2. The number of carbonyl (C=O) groups is 1. The number of fused-ring (bicyclic) bond motifs is 1. The molecule has 1 saturated heterocycles. The van der Waals surface area contributed by atoms with Gasteiger partial charge in [-0.1, -0.05) is 18.2 Å². The van der Waals surface area contributed by atoms with Gasteiger partial charge in [-0.15, -0.1) is 0 Å². The van der Waals surface area contributed by atoms with Crippen LogP contribution in [0.3, 0.4) is 0 Å². The van der Waals surface area contributed by atoms with Crippen LogP contribution in [0, 0.1) is 13.8 Å². The number of hydrogen-bond acceptors (Lipinski definition) is 5. The Morgan fingerprint density at radius 3 is 2.32 bits per heavy atom. The first kappa shape index (κ1) is 18.7. The fourth-order valence-electron chi connectivity index (χ4n) is 3.65. The third-order valence-electron chi connectivity index (χ3n) is 4.94. The number of hydrogen-bond donors (Lipinski definition) is 0. The average Bonchev–Trinajstić information content (AvgIpc) is 2.67. The lowest BCUT2D eigenvalue weighted by Crippen LogP contribution is -2.43. The van der Waals surface area contributed by atoms with Crippen LogP contribution in [-0.2, 0) is 19.4 Å². The van der Waals surface area contributed by atoms with Crippen LogP contribution in [0.1, 0.15) is 11.1 Å². The zero-order chi connectivity index (χ0) is 19.9. The summed E-state index contributed by atoms with van der Waals surface area (Å²) in [6.45, 7) is 5.58. The Balaban J connectivity index is 1.87. The summed E-state index contributed by atoms with van der Waals surface area (Å²) >= 11 is 0. The van der Waals surface area contributed by atoms with Crippen LogP contribution in [0.4, 0.5) is 11.4 Å². The van der Waals surface area contributed by atoms with Gasteiger partial charge in [0.1, 0.15) is 0 Å². The van der Waals surface area contributed by atoms with Crippen molar-refractivity contribution in [2.45, 2.75) is 18.7 Å². The zero-order valence-corrected chi connectivity index (χ0v) is 16.7. The highest BCUT2D eigenvalue weighted by Crippen LogP contribution is 2.40. The standard InChI is InChI=1S/C21H22N2O4S/c1-15-11-16(2)13-17(12-15)23-14-20(21(24)22-7-9-27-10-8-22)28(25,26)19-6-4-3-5-18(19)23/h3-6,11-14H,7-10H2,1-2H3. The molecule has 0 bridgehead atoms. The minimum Gasteiger partial charge on any atom is -0.378 e. The molecule has 0 radical (unpaired) electrons. The van der Waals surface area contributed by atoms with Gasteiger partial charge in [-0.2, -0.15) is 0 Å². The van der Waals surface area contributed by atoms with Crippen LogP contribution in [0.2, 0.25) is 0 Å². The quantitative estimate of drug-likeness (QED) is 0.778. The summed E-state index contributed by atoms with van der Waals surface area (Å²) in [5, 5.41) is 0. The topological polar surface area (TPSA) is 66.9 Å². The van der Waals surface area contributed by atoms with Gasteiger partial charge in [-0.3, -0.25) is 4.79 Å². The largest absolute Gasteiger partial charge is 0.378 e. The summed E-state index contributed by atoms with van der Waals surface area (Å²) in [6, 6.07) is 12.8. The van der Waals surface area contributed by atoms with Gasteiger partial charge in [-0.25, -0.2) is 8.42 Å². The molecule has 7 heteroatoms. The number of amides is 1. The van der Waals surface area contributed by atoms with E-state index in [9.17, 15) is 13.2 Å². The van der Waals surface area contributed by atoms with Gasteiger partial charge < -0.3 is 14.5 Å². The third-order valence-corrected chi connectivity index (χ3v) is 6.73. The molecule has 2 heterocycles. The molecule has 4 rings (SSSR count). The van der Waals surface area contributed by atoms with E-state index in [1.54, 1.807) is 34.1 Å². The molecule has 146 valence electrons. The van der Waals surface area contributed by atoms with Gasteiger partial charge in [0.2, 0.25) is 9.84 Å². The van der Waals surface area contributed by atoms with Crippen LogP contribution in [0.5, 0.6) is 0 Å². The van der Waals surface area contributed by atoms with Gasteiger partial charge in [-0.05, 0) is 49.2 Å². The molecule has 0 unspecified atom stereocenters. The van der Waals surface area contributed by atoms with Crippen LogP contribution < -0.4 is 4.90 Å². The summed E-state index contributed by atoms with van der Waals surface area (Å²) in [5.74, 6) is -0.479. The lowest BCUT2D eigenvalue weighted by atomic mass is 10.1. The molecule has 0 aliphatic carbocycles. The summed E-state index contributed by atoms with van der Waals surface area (Å²) in [6.07, 6.45) is 1.46. The molecule has 2 aliphatic rings. The fraction of sp³-hybridized carbons (Fsp3) is 0.286. The zero-order valence-electron chi connectivity index (χ0n) is 15.9. The molecule has 0 spiro atoms. The number of aryl methyl sites for hydroxylation is 2. The molecule has 28 heavy (non-hydrogen) atoms. The molecule has 2 aliphatic heterocycles. The minimum atomic E-state index is -3.91. The van der Waals surface area contributed by atoms with Crippen molar-refractivity contribution in [2.75, 3.05) is 31.2 Å². The van der Waals surface area contributed by atoms with E-state index >= 15 is 0 Å². The highest BCUT2D eigenvalue weighted by molar-refractivity contribution is 7.96. The number of nitrogens with zero attached hydrogens (tertiary/aromatic N) is 2. The first-order valence-corrected chi connectivity index (χ1v) is 10.7. The Morgan fingerprint density at radius 2 is 1.64 bits per heavy atom. The molecular weight excluding hydrogens is 376 g/mol. The van der Waals surface area contributed by atoms with Crippen molar-refractivity contribution in [3.05, 3.63) is 64.7 Å². The van der Waals surface area contributed by atoms with Crippen LogP contribution >= 0.6 is 0 Å². The van der Waals surface area contributed by atoms with E-state index in [4.69, 9.17) is 4.74 Å². The van der Waals surface area contributed by atoms with E-state index in [-0.39, 0.29) is 9.80 Å². The third kappa shape index (κ3) is 3.21. The minimum absolute atomic E-state index is 0.147. The van der Waals surface area contributed by atoms with Crippen LogP contribution in [0.25, 0.3) is 0 Å². The maximum Gasteiger partial charge on any atom is 0.267 e. The first-order valence-electron chi connectivity index (χ1n) is 9.18. The summed E-state index contributed by atoms with van der Waals surface area (Å²) in [4.78, 5) is 16.4. The number of benzene rings is 2. The molecule has 0 saturated carbocycles. The molecule has 2 aromatic rings. The van der Waals surface area contributed by atoms with Crippen molar-refractivity contribution in [3.8, 4) is 0 Å². The molecule has 1 amide bonds. The van der Waals surface area contributed by atoms with Crippen LogP contribution in [0.15, 0.2) is 58.5 Å². The Labute approximate surface area is 164 Å². The van der Waals surface area contributed by atoms with Gasteiger partial charge in [0, 0.05) is 25.0 Å². The molecular formula is C21H22N2O4S. The molecule has 1 fully saturated rings. The second-order valence-electron chi connectivity index (χ2n) is 7.08. The van der Waals surface area contributed by atoms with E-state index in [1.807, 2.05) is 26.0 Å². The van der Waals surface area contributed by atoms with Crippen LogP contribution in [-0.4, -0.2) is 45.5 Å². The predicted molar refractivity (Wildman–Crippen MR) is 107 cm³/mol. The Bertz CT molecular complexity index is 1050. The lowest BCUT2D eigenvalue weighted by Gasteiger charge is -2.32. The number of sulfone groups is 1. The van der Waals surface area contributed by atoms with E-state index in [1.165, 1.54) is 6.20 Å². The van der Waals surface area contributed by atoms with E-state index in [2.05, 4.69) is 6.07 Å². The predicted octanol–water partition coefficient (Wildman–Crippen LogP) is 2.93. The second kappa shape index (κ2) is 7.07. The van der Waals surface area contributed by atoms with Crippen molar-refractivity contribution in [2.24, 2.45) is 0 Å². The number of morpholine rings is 1. The number of ether oxygens (including phenoxy) is 1. The van der Waals surface area contributed by atoms with Crippen molar-refractivity contribution in [3.63, 3.8) is 0 Å². The van der Waals surface area contributed by atoms with Gasteiger partial charge >= 0.3 is 0 Å². The average molecular weight is 398 g/mol. The van der Waals surface area contributed by atoms with Gasteiger partial charge in [0.25, 0.3) is 5.91 Å². The molecule has 0 aromatic heterocycles. The normalized spacial score (nSPS) is 18.4. The van der Waals surface area contributed by atoms with Gasteiger partial charge in [0.05, 0.1) is 23.8 Å². The lowest BCUT2D eigenvalue weighted by molar-refractivity contribution is -0.130. The van der Waals surface area contributed by atoms with E-state index in [0.717, 1.165) is 16.8 Å². The smallest absolute Gasteiger partial charge is 0.267 e. The fourth-order valence-corrected chi connectivity index (χ4v) is 5.19. The summed E-state index contributed by atoms with van der Waals surface area (Å²) in [7, 11) is -3.91. The number of anilines is 2. The number of carbonyl (C=O) groups excluding carboxylic acids is 1. The Kier molecular flexibility index (Phi) is 4.72. The van der Waals surface area contributed by atoms with Crippen molar-refractivity contribution in [1.29, 1.82) is 0 Å². The Hall–Kier alpha value is -2.64. The van der Waals surface area contributed by atoms with Crippen molar-refractivity contribution >= 4 is 27.1 Å². The molecule has 6 nitrogen and oxygen atoms in total. The molecule has 0 N–H and O–H groups in total. The van der Waals surface area contributed by atoms with E-state index in [0.29, 0.717) is 32.0 Å². The van der Waals surface area contributed by atoms with E-state index < -0.39 is 15.7 Å². The number of para-hydroxylation sites is 1. The maximum atomic E-state index is 13.2. The highest BCUT2D eigenvalue weighted by Gasteiger charge is 2.38. The summed E-state index contributed by atoms with van der Waals surface area (Å²) < 4.78 is 31.7. The summed E-state index contributed by atoms with van der Waals surface area (Å²) in [5.41, 5.74) is 3.50. The van der Waals surface area contributed by atoms with Gasteiger partial charge in [0.15, 0.2) is 4.91 Å². The Morgan fingerprint density at radius 1 is 1.00 bits per heavy atom.